The number of benzene rings is 1. The Kier molecular flexibility index (Phi) is 5.89. The van der Waals surface area contributed by atoms with Gasteiger partial charge in [-0.25, -0.2) is 0 Å². The molecule has 1 aliphatic heterocycles. The molecule has 1 fully saturated rings. The number of amides is 1. The highest BCUT2D eigenvalue weighted by atomic mass is 35.5. The number of halogens is 1. The molecule has 2 aromatic rings. The summed E-state index contributed by atoms with van der Waals surface area (Å²) in [6, 6.07) is 12.3. The Morgan fingerprint density at radius 1 is 1.12 bits per heavy atom. The first-order valence-corrected chi connectivity index (χ1v) is 9.34. The zero-order valence-electron chi connectivity index (χ0n) is 13.8. The van der Waals surface area contributed by atoms with Crippen molar-refractivity contribution < 1.29 is 4.79 Å². The number of nitrogens with zero attached hydrogens (tertiary/aromatic N) is 2. The van der Waals surface area contributed by atoms with E-state index in [4.69, 9.17) is 11.6 Å². The zero-order chi connectivity index (χ0) is 16.9. The van der Waals surface area contributed by atoms with E-state index in [0.717, 1.165) is 43.3 Å². The molecule has 1 saturated heterocycles. The van der Waals surface area contributed by atoms with E-state index in [1.807, 2.05) is 18.2 Å². The molecule has 0 aliphatic carbocycles. The zero-order valence-corrected chi connectivity index (χ0v) is 15.4. The molecule has 0 saturated carbocycles. The van der Waals surface area contributed by atoms with Crippen LogP contribution in [0.3, 0.4) is 0 Å². The van der Waals surface area contributed by atoms with Crippen molar-refractivity contribution in [1.29, 1.82) is 0 Å². The van der Waals surface area contributed by atoms with Crippen molar-refractivity contribution in [3.05, 3.63) is 46.3 Å². The van der Waals surface area contributed by atoms with Gasteiger partial charge in [0.1, 0.15) is 0 Å². The van der Waals surface area contributed by atoms with Crippen LogP contribution in [0.4, 0.5) is 0 Å². The van der Waals surface area contributed by atoms with E-state index in [9.17, 15) is 4.79 Å². The van der Waals surface area contributed by atoms with Gasteiger partial charge in [0.25, 0.3) is 0 Å². The second-order valence-electron chi connectivity index (χ2n) is 5.97. The van der Waals surface area contributed by atoms with Crippen molar-refractivity contribution in [2.24, 2.45) is 0 Å². The van der Waals surface area contributed by atoms with E-state index in [-0.39, 0.29) is 5.91 Å². The van der Waals surface area contributed by atoms with Gasteiger partial charge in [-0.05, 0) is 18.2 Å². The highest BCUT2D eigenvalue weighted by molar-refractivity contribution is 7.15. The number of carbonyl (C=O) groups excluding carboxylic acids is 1. The van der Waals surface area contributed by atoms with Gasteiger partial charge in [0.2, 0.25) is 5.91 Å². The molecule has 1 aromatic carbocycles. The average molecular weight is 364 g/mol. The molecule has 0 spiro atoms. The number of hydrogen-bond acceptors (Lipinski definition) is 4. The molecule has 0 bridgehead atoms. The monoisotopic (exact) mass is 363 g/mol. The summed E-state index contributed by atoms with van der Waals surface area (Å²) in [6.07, 6.45) is 0. The van der Waals surface area contributed by atoms with Crippen molar-refractivity contribution in [3.63, 3.8) is 0 Å². The van der Waals surface area contributed by atoms with Gasteiger partial charge in [-0.15, -0.1) is 11.3 Å². The fraction of sp³-hybridized carbons (Fsp3) is 0.389. The second-order valence-corrected chi connectivity index (χ2v) is 7.55. The molecular formula is C18H22ClN3OS. The van der Waals surface area contributed by atoms with E-state index in [2.05, 4.69) is 33.3 Å². The van der Waals surface area contributed by atoms with E-state index in [1.165, 1.54) is 9.75 Å². The third kappa shape index (κ3) is 4.36. The molecule has 0 unspecified atom stereocenters. The van der Waals surface area contributed by atoms with Crippen LogP contribution >= 0.6 is 22.9 Å². The molecule has 1 aliphatic rings. The van der Waals surface area contributed by atoms with Gasteiger partial charge < -0.3 is 5.32 Å². The molecule has 1 N–H and O–H groups in total. The highest BCUT2D eigenvalue weighted by Crippen LogP contribution is 2.33. The van der Waals surface area contributed by atoms with Crippen LogP contribution < -0.4 is 5.32 Å². The molecule has 6 heteroatoms. The summed E-state index contributed by atoms with van der Waals surface area (Å²) in [5.74, 6) is 0.0890. The number of hydrogen-bond donors (Lipinski definition) is 1. The van der Waals surface area contributed by atoms with Crippen LogP contribution in [0.2, 0.25) is 5.02 Å². The number of rotatable bonds is 5. The minimum absolute atomic E-state index is 0.0890. The van der Waals surface area contributed by atoms with Crippen molar-refractivity contribution >= 4 is 28.8 Å². The van der Waals surface area contributed by atoms with E-state index >= 15 is 0 Å². The van der Waals surface area contributed by atoms with Crippen LogP contribution in [0.15, 0.2) is 36.4 Å². The summed E-state index contributed by atoms with van der Waals surface area (Å²) in [6.45, 7) is 5.34. The molecule has 128 valence electrons. The van der Waals surface area contributed by atoms with Crippen molar-refractivity contribution in [2.45, 2.75) is 6.54 Å². The van der Waals surface area contributed by atoms with Crippen LogP contribution in [0.1, 0.15) is 4.88 Å². The third-order valence-corrected chi connectivity index (χ3v) is 5.72. The lowest BCUT2D eigenvalue weighted by atomic mass is 10.2. The maximum absolute atomic E-state index is 11.4. The standard InChI is InChI=1S/C18H22ClN3OS/c1-20-18(23)13-22-10-8-21(9-11-22)12-14-6-7-17(24-14)15-4-2-3-5-16(15)19/h2-7H,8-13H2,1H3,(H,20,23). The Hall–Kier alpha value is -1.40. The summed E-state index contributed by atoms with van der Waals surface area (Å²) in [5, 5.41) is 3.48. The van der Waals surface area contributed by atoms with Crippen LogP contribution in [0.5, 0.6) is 0 Å². The topological polar surface area (TPSA) is 35.6 Å². The number of likely N-dealkylation sites (N-methyl/N-ethyl adjacent to an activating group) is 1. The summed E-state index contributed by atoms with van der Waals surface area (Å²) >= 11 is 8.09. The predicted molar refractivity (Wildman–Crippen MR) is 101 cm³/mol. The number of thiophene rings is 1. The molecule has 0 atom stereocenters. The van der Waals surface area contributed by atoms with Gasteiger partial charge in [-0.3, -0.25) is 14.6 Å². The SMILES string of the molecule is CNC(=O)CN1CCN(Cc2ccc(-c3ccccc3Cl)s2)CC1. The largest absolute Gasteiger partial charge is 0.358 e. The van der Waals surface area contributed by atoms with E-state index in [0.29, 0.717) is 6.54 Å². The second kappa shape index (κ2) is 8.12. The summed E-state index contributed by atoms with van der Waals surface area (Å²) < 4.78 is 0. The lowest BCUT2D eigenvalue weighted by molar-refractivity contribution is -0.122. The molecular weight excluding hydrogens is 342 g/mol. The molecule has 2 heterocycles. The fourth-order valence-corrected chi connectivity index (χ4v) is 4.26. The van der Waals surface area contributed by atoms with Crippen molar-refractivity contribution in [3.8, 4) is 10.4 Å². The number of piperazine rings is 1. The predicted octanol–water partition coefficient (Wildman–Crippen LogP) is 2.93. The maximum Gasteiger partial charge on any atom is 0.233 e. The minimum atomic E-state index is 0.0890. The first-order valence-electron chi connectivity index (χ1n) is 8.14. The third-order valence-electron chi connectivity index (χ3n) is 4.29. The van der Waals surface area contributed by atoms with Crippen LogP contribution in [-0.4, -0.2) is 55.5 Å². The van der Waals surface area contributed by atoms with Gasteiger partial charge in [0, 0.05) is 60.1 Å². The summed E-state index contributed by atoms with van der Waals surface area (Å²) in [4.78, 5) is 18.7. The Balaban J connectivity index is 1.55. The van der Waals surface area contributed by atoms with Gasteiger partial charge in [-0.1, -0.05) is 29.8 Å². The Bertz CT molecular complexity index is 695. The smallest absolute Gasteiger partial charge is 0.233 e. The molecule has 1 aromatic heterocycles. The first-order chi connectivity index (χ1) is 11.7. The molecule has 3 rings (SSSR count). The first kappa shape index (κ1) is 17.4. The van der Waals surface area contributed by atoms with Crippen molar-refractivity contribution in [2.75, 3.05) is 39.8 Å². The van der Waals surface area contributed by atoms with Gasteiger partial charge in [0.05, 0.1) is 6.54 Å². The minimum Gasteiger partial charge on any atom is -0.358 e. The fourth-order valence-electron chi connectivity index (χ4n) is 2.88. The van der Waals surface area contributed by atoms with Gasteiger partial charge in [-0.2, -0.15) is 0 Å². The van der Waals surface area contributed by atoms with Crippen LogP contribution in [-0.2, 0) is 11.3 Å². The highest BCUT2D eigenvalue weighted by Gasteiger charge is 2.19. The summed E-state index contributed by atoms with van der Waals surface area (Å²) in [7, 11) is 1.69. The quantitative estimate of drug-likeness (QED) is 0.887. The molecule has 4 nitrogen and oxygen atoms in total. The lowest BCUT2D eigenvalue weighted by Crippen LogP contribution is -2.48. The molecule has 1 amide bonds. The van der Waals surface area contributed by atoms with E-state index in [1.54, 1.807) is 18.4 Å². The lowest BCUT2D eigenvalue weighted by Gasteiger charge is -2.33. The Morgan fingerprint density at radius 2 is 1.83 bits per heavy atom. The normalized spacial score (nSPS) is 16.2. The van der Waals surface area contributed by atoms with Gasteiger partial charge in [0.15, 0.2) is 0 Å². The average Bonchev–Trinajstić information content (AvgIpc) is 3.05. The van der Waals surface area contributed by atoms with Crippen LogP contribution in [0.25, 0.3) is 10.4 Å². The number of carbonyl (C=O) groups is 1. The van der Waals surface area contributed by atoms with Crippen molar-refractivity contribution in [1.82, 2.24) is 15.1 Å². The van der Waals surface area contributed by atoms with E-state index < -0.39 is 0 Å². The van der Waals surface area contributed by atoms with Gasteiger partial charge >= 0.3 is 0 Å². The number of nitrogens with one attached hydrogen (secondary N) is 1. The summed E-state index contributed by atoms with van der Waals surface area (Å²) in [5.41, 5.74) is 1.10. The van der Waals surface area contributed by atoms with Crippen LogP contribution in [0, 0.1) is 0 Å². The maximum atomic E-state index is 11.4. The Morgan fingerprint density at radius 3 is 2.54 bits per heavy atom. The molecule has 0 radical (unpaired) electrons. The Labute approximate surface area is 152 Å². The molecule has 24 heavy (non-hydrogen) atoms.